The Kier molecular flexibility index (Phi) is 7.47. The Morgan fingerprint density at radius 3 is 2.47 bits per heavy atom. The van der Waals surface area contributed by atoms with Crippen molar-refractivity contribution in [2.45, 2.75) is 52.4 Å². The van der Waals surface area contributed by atoms with Crippen LogP contribution in [0.25, 0.3) is 12.2 Å². The van der Waals surface area contributed by atoms with Crippen molar-refractivity contribution in [3.8, 4) is 0 Å². The van der Waals surface area contributed by atoms with Crippen molar-refractivity contribution in [2.24, 2.45) is 5.92 Å². The summed E-state index contributed by atoms with van der Waals surface area (Å²) < 4.78 is 34.2. The van der Waals surface area contributed by atoms with Gasteiger partial charge >= 0.3 is 0 Å². The third-order valence-corrected chi connectivity index (χ3v) is 8.71. The lowest BCUT2D eigenvalue weighted by molar-refractivity contribution is -0.120. The number of anilines is 1. The zero-order chi connectivity index (χ0) is 26.0. The van der Waals surface area contributed by atoms with Crippen LogP contribution in [0, 0.1) is 40.5 Å². The molecular weight excluding hydrogens is 474 g/mol. The van der Waals surface area contributed by atoms with Gasteiger partial charge in [0, 0.05) is 18.8 Å². The molecule has 1 aliphatic rings. The fourth-order valence-corrected chi connectivity index (χ4v) is 6.29. The Bertz CT molecular complexity index is 1420. The van der Waals surface area contributed by atoms with E-state index >= 15 is 0 Å². The minimum Gasteiger partial charge on any atom is -0.355 e. The van der Waals surface area contributed by atoms with Gasteiger partial charge in [-0.25, -0.2) is 8.42 Å². The summed E-state index contributed by atoms with van der Waals surface area (Å²) in [7, 11) is -3.91. The number of benzene rings is 2. The van der Waals surface area contributed by atoms with Gasteiger partial charge in [0.1, 0.15) is 5.69 Å². The molecule has 7 nitrogen and oxygen atoms in total. The number of hydrogen-bond donors (Lipinski definition) is 1. The third-order valence-electron chi connectivity index (χ3n) is 6.69. The topological polar surface area (TPSA) is 92.5 Å². The van der Waals surface area contributed by atoms with Crippen LogP contribution in [-0.4, -0.2) is 36.9 Å². The van der Waals surface area contributed by atoms with Gasteiger partial charge in [0.2, 0.25) is 15.9 Å². The molecular formula is C28H33N3O4S. The molecule has 0 aliphatic carbocycles. The summed E-state index contributed by atoms with van der Waals surface area (Å²) in [5.74, 6) is -0.418. The smallest absolute Gasteiger partial charge is 0.248 e. The van der Waals surface area contributed by atoms with Crippen molar-refractivity contribution in [1.29, 1.82) is 0 Å². The molecule has 3 aromatic rings. The van der Waals surface area contributed by atoms with E-state index in [4.69, 9.17) is 4.52 Å². The normalized spacial score (nSPS) is 17.0. The highest BCUT2D eigenvalue weighted by molar-refractivity contribution is 7.89. The number of sulfonamides is 1. The van der Waals surface area contributed by atoms with E-state index in [-0.39, 0.29) is 23.1 Å². The first-order chi connectivity index (χ1) is 17.1. The molecule has 0 radical (unpaired) electrons. The molecule has 0 bridgehead atoms. The van der Waals surface area contributed by atoms with Crippen molar-refractivity contribution < 1.29 is 17.7 Å². The Morgan fingerprint density at radius 1 is 1.03 bits per heavy atom. The summed E-state index contributed by atoms with van der Waals surface area (Å²) in [6.45, 7) is 10.0. The first-order valence-corrected chi connectivity index (χ1v) is 13.6. The van der Waals surface area contributed by atoms with Gasteiger partial charge < -0.3 is 9.84 Å². The summed E-state index contributed by atoms with van der Waals surface area (Å²) in [5, 5.41) is 6.94. The van der Waals surface area contributed by atoms with Crippen LogP contribution >= 0.6 is 0 Å². The fourth-order valence-electron chi connectivity index (χ4n) is 4.51. The number of rotatable bonds is 6. The predicted octanol–water partition coefficient (Wildman–Crippen LogP) is 5.43. The van der Waals surface area contributed by atoms with Crippen molar-refractivity contribution in [3.05, 3.63) is 75.7 Å². The molecule has 0 saturated carbocycles. The van der Waals surface area contributed by atoms with E-state index in [9.17, 15) is 13.2 Å². The minimum absolute atomic E-state index is 0.0552. The fraction of sp³-hybridized carbons (Fsp3) is 0.357. The summed E-state index contributed by atoms with van der Waals surface area (Å²) in [5.41, 5.74) is 6.24. The molecule has 1 amide bonds. The van der Waals surface area contributed by atoms with Crippen LogP contribution < -0.4 is 5.32 Å². The van der Waals surface area contributed by atoms with E-state index in [0.717, 1.165) is 33.5 Å². The zero-order valence-corrected chi connectivity index (χ0v) is 22.3. The average Bonchev–Trinajstić information content (AvgIpc) is 3.23. The Balaban J connectivity index is 1.56. The van der Waals surface area contributed by atoms with Gasteiger partial charge in [-0.1, -0.05) is 47.1 Å². The number of carbonyl (C=O) groups excluding carboxylic acids is 1. The molecule has 190 valence electrons. The van der Waals surface area contributed by atoms with Gasteiger partial charge in [0.05, 0.1) is 5.92 Å². The molecule has 0 spiro atoms. The number of carbonyl (C=O) groups is 1. The van der Waals surface area contributed by atoms with Crippen molar-refractivity contribution in [1.82, 2.24) is 9.46 Å². The van der Waals surface area contributed by atoms with Gasteiger partial charge in [-0.05, 0) is 81.9 Å². The van der Waals surface area contributed by atoms with Crippen molar-refractivity contribution >= 4 is 33.8 Å². The first-order valence-electron chi connectivity index (χ1n) is 12.2. The second-order valence-corrected chi connectivity index (χ2v) is 11.5. The van der Waals surface area contributed by atoms with E-state index in [2.05, 4.69) is 10.5 Å². The lowest BCUT2D eigenvalue weighted by atomic mass is 9.98. The second-order valence-electron chi connectivity index (χ2n) is 9.66. The molecule has 1 aromatic heterocycles. The van der Waals surface area contributed by atoms with Gasteiger partial charge in [0.15, 0.2) is 10.7 Å². The number of nitrogens with one attached hydrogen (secondary N) is 1. The quantitative estimate of drug-likeness (QED) is 0.481. The molecule has 1 fully saturated rings. The molecule has 36 heavy (non-hydrogen) atoms. The Morgan fingerprint density at radius 2 is 1.72 bits per heavy atom. The van der Waals surface area contributed by atoms with Crippen LogP contribution in [-0.2, 0) is 14.8 Å². The predicted molar refractivity (Wildman–Crippen MR) is 142 cm³/mol. The van der Waals surface area contributed by atoms with E-state index in [0.29, 0.717) is 25.1 Å². The summed E-state index contributed by atoms with van der Waals surface area (Å²) in [4.78, 5) is 13.1. The number of aromatic nitrogens is 1. The molecule has 1 N–H and O–H groups in total. The summed E-state index contributed by atoms with van der Waals surface area (Å²) >= 11 is 0. The zero-order valence-electron chi connectivity index (χ0n) is 21.5. The molecule has 1 atom stereocenters. The monoisotopic (exact) mass is 507 g/mol. The molecule has 2 aromatic carbocycles. The highest BCUT2D eigenvalue weighted by atomic mass is 32.2. The lowest BCUT2D eigenvalue weighted by Crippen LogP contribution is -2.44. The number of hydrogen-bond acceptors (Lipinski definition) is 5. The van der Waals surface area contributed by atoms with Crippen LogP contribution in [0.5, 0.6) is 0 Å². The largest absolute Gasteiger partial charge is 0.355 e. The van der Waals surface area contributed by atoms with Crippen LogP contribution in [0.15, 0.2) is 45.8 Å². The maximum Gasteiger partial charge on any atom is 0.248 e. The SMILES string of the molecule is Cc1ccc(C)c(C=Cc2onc(C)c2S(=O)(=O)N2CCCC(C(=O)Nc3cc(C)ccc3C)C2)c1. The van der Waals surface area contributed by atoms with E-state index in [1.807, 2.05) is 70.2 Å². The first kappa shape index (κ1) is 25.9. The molecule has 8 heteroatoms. The third kappa shape index (κ3) is 5.44. The maximum absolute atomic E-state index is 13.7. The number of piperidine rings is 1. The van der Waals surface area contributed by atoms with Crippen molar-refractivity contribution in [3.63, 3.8) is 0 Å². The van der Waals surface area contributed by atoms with Gasteiger partial charge in [-0.2, -0.15) is 4.31 Å². The highest BCUT2D eigenvalue weighted by Gasteiger charge is 2.37. The maximum atomic E-state index is 13.7. The van der Waals surface area contributed by atoms with E-state index in [1.165, 1.54) is 4.31 Å². The lowest BCUT2D eigenvalue weighted by Gasteiger charge is -2.31. The minimum atomic E-state index is -3.91. The average molecular weight is 508 g/mol. The van der Waals surface area contributed by atoms with Crippen LogP contribution in [0.2, 0.25) is 0 Å². The molecule has 1 saturated heterocycles. The molecule has 1 aliphatic heterocycles. The number of nitrogens with zero attached hydrogens (tertiary/aromatic N) is 2. The standard InChI is InChI=1S/C28H33N3O4S/c1-18-8-10-20(3)23(15-18)12-13-26-27(22(5)30-35-26)36(33,34)31-14-6-7-24(17-31)28(32)29-25-16-19(2)9-11-21(25)4/h8-13,15-16,24H,6-7,14,17H2,1-5H3,(H,29,32). The van der Waals surface area contributed by atoms with Crippen LogP contribution in [0.3, 0.4) is 0 Å². The van der Waals surface area contributed by atoms with Gasteiger partial charge in [0.25, 0.3) is 0 Å². The van der Waals surface area contributed by atoms with E-state index < -0.39 is 15.9 Å². The Labute approximate surface area is 213 Å². The van der Waals surface area contributed by atoms with Gasteiger partial charge in [-0.3, -0.25) is 4.79 Å². The molecule has 2 heterocycles. The molecule has 1 unspecified atom stereocenters. The van der Waals surface area contributed by atoms with E-state index in [1.54, 1.807) is 13.0 Å². The summed E-state index contributed by atoms with van der Waals surface area (Å²) in [6, 6.07) is 12.0. The van der Waals surface area contributed by atoms with Gasteiger partial charge in [-0.15, -0.1) is 0 Å². The van der Waals surface area contributed by atoms with Crippen LogP contribution in [0.1, 0.15) is 52.1 Å². The summed E-state index contributed by atoms with van der Waals surface area (Å²) in [6.07, 6.45) is 4.73. The van der Waals surface area contributed by atoms with Crippen molar-refractivity contribution in [2.75, 3.05) is 18.4 Å². The van der Waals surface area contributed by atoms with Crippen LogP contribution in [0.4, 0.5) is 5.69 Å². The highest BCUT2D eigenvalue weighted by Crippen LogP contribution is 2.30. The Hall–Kier alpha value is -3.23. The number of amides is 1. The molecule has 4 rings (SSSR count). The second kappa shape index (κ2) is 10.4. The number of aryl methyl sites for hydroxylation is 5.